The van der Waals surface area contributed by atoms with Crippen LogP contribution in [-0.4, -0.2) is 17.7 Å². The van der Waals surface area contributed by atoms with Crippen LogP contribution in [0.15, 0.2) is 23.1 Å². The summed E-state index contributed by atoms with van der Waals surface area (Å²) in [4.78, 5) is 13.0. The first-order valence-corrected chi connectivity index (χ1v) is 7.92. The van der Waals surface area contributed by atoms with Gasteiger partial charge in [-0.1, -0.05) is 19.3 Å². The van der Waals surface area contributed by atoms with Crippen molar-refractivity contribution in [2.75, 3.05) is 11.5 Å². The first-order valence-electron chi connectivity index (χ1n) is 6.93. The van der Waals surface area contributed by atoms with E-state index in [0.29, 0.717) is 11.8 Å². The molecular weight excluding hydrogens is 256 g/mol. The summed E-state index contributed by atoms with van der Waals surface area (Å²) in [5.74, 6) is 0.634. The number of thioether (sulfide) groups is 1. The van der Waals surface area contributed by atoms with Crippen LogP contribution in [0.3, 0.4) is 0 Å². The molecule has 0 spiro atoms. The lowest BCUT2D eigenvalue weighted by Crippen LogP contribution is -2.37. The molecule has 4 heteroatoms. The molecule has 0 radical (unpaired) electrons. The summed E-state index contributed by atoms with van der Waals surface area (Å²) in [7, 11) is 0. The summed E-state index contributed by atoms with van der Waals surface area (Å²) in [6.07, 6.45) is 6.07. The fourth-order valence-corrected chi connectivity index (χ4v) is 3.31. The Morgan fingerprint density at radius 3 is 2.79 bits per heavy atom. The Bertz CT molecular complexity index is 442. The number of hydrogen-bond donors (Lipinski definition) is 2. The van der Waals surface area contributed by atoms with Gasteiger partial charge < -0.3 is 11.1 Å². The number of anilines is 1. The largest absolute Gasteiger partial charge is 0.399 e. The van der Waals surface area contributed by atoms with E-state index in [1.807, 2.05) is 25.1 Å². The Morgan fingerprint density at radius 2 is 2.11 bits per heavy atom. The summed E-state index contributed by atoms with van der Waals surface area (Å²) in [6.45, 7) is 2.03. The number of carbonyl (C=O) groups is 1. The number of benzene rings is 1. The number of rotatable bonds is 4. The van der Waals surface area contributed by atoms with Crippen molar-refractivity contribution < 1.29 is 4.79 Å². The van der Waals surface area contributed by atoms with E-state index >= 15 is 0 Å². The van der Waals surface area contributed by atoms with Crippen LogP contribution in [0.2, 0.25) is 0 Å². The van der Waals surface area contributed by atoms with Crippen molar-refractivity contribution in [3.8, 4) is 0 Å². The number of nitrogens with two attached hydrogens (primary N) is 1. The molecule has 104 valence electrons. The molecule has 1 saturated carbocycles. The number of carbonyl (C=O) groups excluding carboxylic acids is 1. The zero-order chi connectivity index (χ0) is 13.7. The molecule has 0 aromatic heterocycles. The van der Waals surface area contributed by atoms with E-state index in [9.17, 15) is 4.79 Å². The van der Waals surface area contributed by atoms with Gasteiger partial charge in [-0.2, -0.15) is 0 Å². The molecule has 0 saturated heterocycles. The third-order valence-electron chi connectivity index (χ3n) is 3.53. The average molecular weight is 278 g/mol. The van der Waals surface area contributed by atoms with Gasteiger partial charge in [-0.3, -0.25) is 4.79 Å². The number of aryl methyl sites for hydroxylation is 1. The lowest BCUT2D eigenvalue weighted by atomic mass is 9.95. The summed E-state index contributed by atoms with van der Waals surface area (Å²) < 4.78 is 0. The summed E-state index contributed by atoms with van der Waals surface area (Å²) in [6, 6.07) is 6.22. The predicted octanol–water partition coefficient (Wildman–Crippen LogP) is 3.12. The van der Waals surface area contributed by atoms with Gasteiger partial charge in [-0.15, -0.1) is 11.8 Å². The standard InChI is InChI=1S/C15H22N2OS/c1-11-9-12(16)7-8-14(11)19-10-15(18)17-13-5-3-2-4-6-13/h7-9,13H,2-6,10,16H2,1H3,(H,17,18). The summed E-state index contributed by atoms with van der Waals surface area (Å²) in [5.41, 5.74) is 7.63. The highest BCUT2D eigenvalue weighted by molar-refractivity contribution is 8.00. The van der Waals surface area contributed by atoms with Crippen molar-refractivity contribution >= 4 is 23.4 Å². The second-order valence-corrected chi connectivity index (χ2v) is 6.23. The van der Waals surface area contributed by atoms with Gasteiger partial charge in [0.25, 0.3) is 0 Å². The van der Waals surface area contributed by atoms with Crippen LogP contribution < -0.4 is 11.1 Å². The third kappa shape index (κ3) is 4.46. The van der Waals surface area contributed by atoms with Crippen LogP contribution >= 0.6 is 11.8 Å². The fraction of sp³-hybridized carbons (Fsp3) is 0.533. The van der Waals surface area contributed by atoms with Crippen molar-refractivity contribution in [3.05, 3.63) is 23.8 Å². The SMILES string of the molecule is Cc1cc(N)ccc1SCC(=O)NC1CCCCC1. The highest BCUT2D eigenvalue weighted by atomic mass is 32.2. The number of nitrogen functional groups attached to an aromatic ring is 1. The maximum atomic E-state index is 11.9. The second-order valence-electron chi connectivity index (χ2n) is 5.22. The minimum absolute atomic E-state index is 0.146. The normalized spacial score (nSPS) is 16.3. The van der Waals surface area contributed by atoms with Crippen LogP contribution in [0.4, 0.5) is 5.69 Å². The minimum Gasteiger partial charge on any atom is -0.399 e. The maximum absolute atomic E-state index is 11.9. The zero-order valence-electron chi connectivity index (χ0n) is 11.4. The molecule has 1 aromatic rings. The van der Waals surface area contributed by atoms with E-state index in [-0.39, 0.29) is 5.91 Å². The smallest absolute Gasteiger partial charge is 0.230 e. The lowest BCUT2D eigenvalue weighted by Gasteiger charge is -2.22. The Morgan fingerprint density at radius 1 is 1.37 bits per heavy atom. The second kappa shape index (κ2) is 6.85. The molecule has 1 fully saturated rings. The van der Waals surface area contributed by atoms with Crippen LogP contribution in [0.25, 0.3) is 0 Å². The maximum Gasteiger partial charge on any atom is 0.230 e. The van der Waals surface area contributed by atoms with Crippen LogP contribution in [0.5, 0.6) is 0 Å². The van der Waals surface area contributed by atoms with E-state index in [2.05, 4.69) is 5.32 Å². The van der Waals surface area contributed by atoms with Gasteiger partial charge in [0.05, 0.1) is 5.75 Å². The van der Waals surface area contributed by atoms with E-state index in [0.717, 1.165) is 29.0 Å². The first-order chi connectivity index (χ1) is 9.15. The fourth-order valence-electron chi connectivity index (χ4n) is 2.49. The van der Waals surface area contributed by atoms with Gasteiger partial charge in [0.15, 0.2) is 0 Å². The van der Waals surface area contributed by atoms with Gasteiger partial charge in [-0.25, -0.2) is 0 Å². The van der Waals surface area contributed by atoms with E-state index < -0.39 is 0 Å². The Balaban J connectivity index is 1.79. The Labute approximate surface area is 119 Å². The zero-order valence-corrected chi connectivity index (χ0v) is 12.3. The van der Waals surface area contributed by atoms with Gasteiger partial charge in [0, 0.05) is 16.6 Å². The topological polar surface area (TPSA) is 55.1 Å². The quantitative estimate of drug-likeness (QED) is 0.657. The average Bonchev–Trinajstić information content (AvgIpc) is 2.39. The van der Waals surface area contributed by atoms with Gasteiger partial charge in [-0.05, 0) is 43.5 Å². The molecule has 1 aliphatic carbocycles. The van der Waals surface area contributed by atoms with Crippen molar-refractivity contribution in [2.24, 2.45) is 0 Å². The monoisotopic (exact) mass is 278 g/mol. The summed E-state index contributed by atoms with van der Waals surface area (Å²) >= 11 is 1.58. The molecular formula is C15H22N2OS. The predicted molar refractivity (Wildman–Crippen MR) is 81.3 cm³/mol. The highest BCUT2D eigenvalue weighted by Gasteiger charge is 2.15. The van der Waals surface area contributed by atoms with Gasteiger partial charge >= 0.3 is 0 Å². The molecule has 0 aliphatic heterocycles. The van der Waals surface area contributed by atoms with E-state index in [1.165, 1.54) is 19.3 Å². The minimum atomic E-state index is 0.146. The van der Waals surface area contributed by atoms with Crippen molar-refractivity contribution in [1.29, 1.82) is 0 Å². The number of hydrogen-bond acceptors (Lipinski definition) is 3. The van der Waals surface area contributed by atoms with E-state index in [1.54, 1.807) is 11.8 Å². The van der Waals surface area contributed by atoms with Crippen molar-refractivity contribution in [3.63, 3.8) is 0 Å². The third-order valence-corrected chi connectivity index (χ3v) is 4.70. The van der Waals surface area contributed by atoms with Crippen LogP contribution in [-0.2, 0) is 4.79 Å². The molecule has 1 aromatic carbocycles. The number of nitrogens with one attached hydrogen (secondary N) is 1. The molecule has 2 rings (SSSR count). The van der Waals surface area contributed by atoms with Gasteiger partial charge in [0.1, 0.15) is 0 Å². The number of amides is 1. The molecule has 3 nitrogen and oxygen atoms in total. The van der Waals surface area contributed by atoms with Crippen molar-refractivity contribution in [2.45, 2.75) is 50.0 Å². The first kappa shape index (κ1) is 14.3. The molecule has 1 aliphatic rings. The van der Waals surface area contributed by atoms with E-state index in [4.69, 9.17) is 5.73 Å². The lowest BCUT2D eigenvalue weighted by molar-refractivity contribution is -0.119. The molecule has 0 atom stereocenters. The molecule has 0 heterocycles. The van der Waals surface area contributed by atoms with Crippen LogP contribution in [0.1, 0.15) is 37.7 Å². The molecule has 1 amide bonds. The highest BCUT2D eigenvalue weighted by Crippen LogP contribution is 2.24. The molecule has 0 bridgehead atoms. The molecule has 3 N–H and O–H groups in total. The van der Waals surface area contributed by atoms with Gasteiger partial charge in [0.2, 0.25) is 5.91 Å². The summed E-state index contributed by atoms with van der Waals surface area (Å²) in [5, 5.41) is 3.14. The Hall–Kier alpha value is -1.16. The van der Waals surface area contributed by atoms with Crippen molar-refractivity contribution in [1.82, 2.24) is 5.32 Å². The van der Waals surface area contributed by atoms with Crippen LogP contribution in [0, 0.1) is 6.92 Å². The Kier molecular flexibility index (Phi) is 5.14. The molecule has 19 heavy (non-hydrogen) atoms. The molecule has 0 unspecified atom stereocenters.